The number of oxime groups is 1. The predicted molar refractivity (Wildman–Crippen MR) is 72.8 cm³/mol. The van der Waals surface area contributed by atoms with Gasteiger partial charge in [-0.3, -0.25) is 4.79 Å². The minimum absolute atomic E-state index is 0.0731. The molecule has 1 aliphatic carbocycles. The maximum Gasteiger partial charge on any atom is 0.223 e. The molecule has 1 aromatic carbocycles. The number of hydrogen-bond donors (Lipinski definition) is 3. The second-order valence-corrected chi connectivity index (χ2v) is 4.88. The van der Waals surface area contributed by atoms with E-state index < -0.39 is 0 Å². The third kappa shape index (κ3) is 3.47. The van der Waals surface area contributed by atoms with Gasteiger partial charge in [-0.1, -0.05) is 36.2 Å². The molecule has 0 atom stereocenters. The molecule has 2 rings (SSSR count). The Morgan fingerprint density at radius 1 is 1.42 bits per heavy atom. The molecule has 0 heterocycles. The smallest absolute Gasteiger partial charge is 0.223 e. The van der Waals surface area contributed by atoms with E-state index in [1.807, 2.05) is 18.2 Å². The molecule has 102 valence electrons. The number of benzene rings is 1. The van der Waals surface area contributed by atoms with Crippen LogP contribution in [0.3, 0.4) is 0 Å². The van der Waals surface area contributed by atoms with Gasteiger partial charge in [-0.05, 0) is 24.5 Å². The van der Waals surface area contributed by atoms with Crippen molar-refractivity contribution in [2.45, 2.75) is 32.2 Å². The van der Waals surface area contributed by atoms with Gasteiger partial charge in [0.15, 0.2) is 5.84 Å². The molecular formula is C14H19N3O2. The number of hydrogen-bond acceptors (Lipinski definition) is 3. The molecule has 0 spiro atoms. The number of carbonyl (C=O) groups is 1. The molecule has 0 radical (unpaired) electrons. The van der Waals surface area contributed by atoms with Crippen LogP contribution < -0.4 is 11.1 Å². The monoisotopic (exact) mass is 261 g/mol. The predicted octanol–water partition coefficient (Wildman–Crippen LogP) is 1.59. The summed E-state index contributed by atoms with van der Waals surface area (Å²) in [6.07, 6.45) is 4.29. The number of nitrogens with two attached hydrogens (primary N) is 1. The average molecular weight is 261 g/mol. The summed E-state index contributed by atoms with van der Waals surface area (Å²) < 4.78 is 0. The van der Waals surface area contributed by atoms with Gasteiger partial charge in [0.2, 0.25) is 5.91 Å². The van der Waals surface area contributed by atoms with Crippen molar-refractivity contribution in [2.75, 3.05) is 0 Å². The van der Waals surface area contributed by atoms with E-state index in [4.69, 9.17) is 10.9 Å². The summed E-state index contributed by atoms with van der Waals surface area (Å²) >= 11 is 0. The van der Waals surface area contributed by atoms with Crippen LogP contribution in [0.25, 0.3) is 0 Å². The summed E-state index contributed by atoms with van der Waals surface area (Å²) in [6.45, 7) is 0.474. The molecule has 1 aliphatic rings. The number of nitrogens with one attached hydrogen (secondary N) is 1. The summed E-state index contributed by atoms with van der Waals surface area (Å²) in [7, 11) is 0. The van der Waals surface area contributed by atoms with E-state index in [2.05, 4.69) is 10.5 Å². The fourth-order valence-electron chi connectivity index (χ4n) is 2.42. The van der Waals surface area contributed by atoms with Gasteiger partial charge in [0.25, 0.3) is 0 Å². The van der Waals surface area contributed by atoms with Gasteiger partial charge in [-0.15, -0.1) is 0 Å². The Labute approximate surface area is 112 Å². The van der Waals surface area contributed by atoms with Crippen molar-refractivity contribution in [3.05, 3.63) is 35.4 Å². The lowest BCUT2D eigenvalue weighted by molar-refractivity contribution is -0.124. The van der Waals surface area contributed by atoms with Crippen LogP contribution in [0.1, 0.15) is 36.8 Å². The highest BCUT2D eigenvalue weighted by Gasteiger charge is 2.22. The van der Waals surface area contributed by atoms with Gasteiger partial charge in [0.05, 0.1) is 0 Å². The highest BCUT2D eigenvalue weighted by molar-refractivity contribution is 5.97. The van der Waals surface area contributed by atoms with Crippen LogP contribution in [0, 0.1) is 5.92 Å². The molecule has 1 amide bonds. The molecule has 4 N–H and O–H groups in total. The summed E-state index contributed by atoms with van der Waals surface area (Å²) in [6, 6.07) is 7.30. The third-order valence-electron chi connectivity index (χ3n) is 3.52. The Bertz CT molecular complexity index is 479. The van der Waals surface area contributed by atoms with E-state index in [0.717, 1.165) is 31.2 Å². The van der Waals surface area contributed by atoms with Crippen LogP contribution >= 0.6 is 0 Å². The first kappa shape index (κ1) is 13.4. The van der Waals surface area contributed by atoms with Crippen molar-refractivity contribution in [1.82, 2.24) is 5.32 Å². The molecule has 0 unspecified atom stereocenters. The van der Waals surface area contributed by atoms with Gasteiger partial charge >= 0.3 is 0 Å². The first-order valence-corrected chi connectivity index (χ1v) is 6.55. The highest BCUT2D eigenvalue weighted by atomic mass is 16.4. The molecule has 1 fully saturated rings. The fourth-order valence-corrected chi connectivity index (χ4v) is 2.42. The zero-order valence-electron chi connectivity index (χ0n) is 10.8. The average Bonchev–Trinajstić information content (AvgIpc) is 2.98. The lowest BCUT2D eigenvalue weighted by Crippen LogP contribution is -2.28. The standard InChI is InChI=1S/C14H19N3O2/c15-13(17-19)12-7-3-4-10(8-12)9-16-14(18)11-5-1-2-6-11/h3-4,7-8,11,19H,1-2,5-6,9H2,(H2,15,17)(H,16,18). The Balaban J connectivity index is 1.94. The van der Waals surface area contributed by atoms with Gasteiger partial charge in [-0.25, -0.2) is 0 Å². The fraction of sp³-hybridized carbons (Fsp3) is 0.429. The number of carbonyl (C=O) groups excluding carboxylic acids is 1. The van der Waals surface area contributed by atoms with E-state index in [1.54, 1.807) is 6.07 Å². The topological polar surface area (TPSA) is 87.7 Å². The van der Waals surface area contributed by atoms with Crippen LogP contribution in [-0.4, -0.2) is 17.0 Å². The Morgan fingerprint density at radius 3 is 2.84 bits per heavy atom. The molecule has 0 bridgehead atoms. The van der Waals surface area contributed by atoms with Crippen molar-refractivity contribution >= 4 is 11.7 Å². The van der Waals surface area contributed by atoms with Gasteiger partial charge in [-0.2, -0.15) is 0 Å². The molecule has 5 nitrogen and oxygen atoms in total. The van der Waals surface area contributed by atoms with Crippen molar-refractivity contribution in [2.24, 2.45) is 16.8 Å². The van der Waals surface area contributed by atoms with Crippen molar-refractivity contribution in [3.8, 4) is 0 Å². The number of amides is 1. The van der Waals surface area contributed by atoms with Crippen LogP contribution in [0.15, 0.2) is 29.4 Å². The van der Waals surface area contributed by atoms with Crippen LogP contribution in [0.4, 0.5) is 0 Å². The van der Waals surface area contributed by atoms with E-state index in [9.17, 15) is 4.79 Å². The van der Waals surface area contributed by atoms with Crippen molar-refractivity contribution in [1.29, 1.82) is 0 Å². The molecular weight excluding hydrogens is 242 g/mol. The van der Waals surface area contributed by atoms with E-state index >= 15 is 0 Å². The molecule has 0 aliphatic heterocycles. The molecule has 1 saturated carbocycles. The van der Waals surface area contributed by atoms with Gasteiger partial charge < -0.3 is 16.3 Å². The van der Waals surface area contributed by atoms with Gasteiger partial charge in [0.1, 0.15) is 0 Å². The lowest BCUT2D eigenvalue weighted by Gasteiger charge is -2.10. The second kappa shape index (κ2) is 6.22. The summed E-state index contributed by atoms with van der Waals surface area (Å²) in [5.74, 6) is 0.378. The minimum Gasteiger partial charge on any atom is -0.409 e. The number of nitrogens with zero attached hydrogens (tertiary/aromatic N) is 1. The minimum atomic E-state index is 0.0731. The van der Waals surface area contributed by atoms with E-state index in [0.29, 0.717) is 12.1 Å². The third-order valence-corrected chi connectivity index (χ3v) is 3.52. The molecule has 19 heavy (non-hydrogen) atoms. The Kier molecular flexibility index (Phi) is 4.39. The zero-order valence-corrected chi connectivity index (χ0v) is 10.8. The molecule has 1 aromatic rings. The number of amidine groups is 1. The van der Waals surface area contributed by atoms with E-state index in [1.165, 1.54) is 0 Å². The quantitative estimate of drug-likeness (QED) is 0.333. The second-order valence-electron chi connectivity index (χ2n) is 4.88. The van der Waals surface area contributed by atoms with Crippen LogP contribution in [-0.2, 0) is 11.3 Å². The zero-order chi connectivity index (χ0) is 13.7. The molecule has 0 aromatic heterocycles. The maximum atomic E-state index is 11.9. The van der Waals surface area contributed by atoms with Crippen molar-refractivity contribution < 1.29 is 10.0 Å². The Morgan fingerprint density at radius 2 is 2.16 bits per heavy atom. The largest absolute Gasteiger partial charge is 0.409 e. The molecule has 0 saturated heterocycles. The summed E-state index contributed by atoms with van der Waals surface area (Å²) in [5.41, 5.74) is 7.12. The summed E-state index contributed by atoms with van der Waals surface area (Å²) in [5, 5.41) is 14.5. The molecule has 5 heteroatoms. The van der Waals surface area contributed by atoms with E-state index in [-0.39, 0.29) is 17.7 Å². The first-order valence-electron chi connectivity index (χ1n) is 6.55. The summed E-state index contributed by atoms with van der Waals surface area (Å²) in [4.78, 5) is 11.9. The van der Waals surface area contributed by atoms with Crippen molar-refractivity contribution in [3.63, 3.8) is 0 Å². The first-order chi connectivity index (χ1) is 9.20. The SMILES string of the molecule is N/C(=N/O)c1cccc(CNC(=O)C2CCCC2)c1. The van der Waals surface area contributed by atoms with Crippen LogP contribution in [0.5, 0.6) is 0 Å². The highest BCUT2D eigenvalue weighted by Crippen LogP contribution is 2.24. The lowest BCUT2D eigenvalue weighted by atomic mass is 10.1. The maximum absolute atomic E-state index is 11.9. The van der Waals surface area contributed by atoms with Crippen LogP contribution in [0.2, 0.25) is 0 Å². The van der Waals surface area contributed by atoms with Gasteiger partial charge in [0, 0.05) is 18.0 Å². The normalized spacial score (nSPS) is 16.5. The number of rotatable bonds is 4. The Hall–Kier alpha value is -2.04.